The van der Waals surface area contributed by atoms with Crippen molar-refractivity contribution in [1.82, 2.24) is 90.1 Å². The molecule has 43 nitrogen and oxygen atoms in total. The number of rotatable bonds is 55. The van der Waals surface area contributed by atoms with Gasteiger partial charge >= 0.3 is 11.9 Å². The standard InChI is InChI=1S/C78H116N22O21S2/c1-40(2)29-52(71(115)100-62(41(3)4)75(119)99-59(39-122)74(118)98-58(38-103)73(117)91-51(25-28-123-6)68(112)96-56(76(120)121)33-61(105)106)92-63(107)42(5)88-60(104)35-87-65(109)55(32-45-34-86-48-22-14-13-21-46(45)48)95-70(114)54(31-44-19-11-8-12-20-44)94-66(110)49(23-15-26-84-77(80)81)89-69(113)53(30-43-17-9-7-10-18-43)93-67(111)50(24-16-27-85-78(82)83)90-72(116)57(37-102)97-64(108)47(79)36-101/h7-14,17-22,34,40-42,47,49-59,62,86,101-103,122H,15-16,23-33,35-39,79H2,1-6H3,(H,87,109)(H,88,104)(H,89,113)(H,90,116)(H,91,117)(H,92,107)(H,93,111)(H,94,110)(H,95,114)(H,96,112)(H,97,108)(H,98,118)(H,99,119)(H,100,115)(H,105,106)(H,120,121)(H4,80,81,84)(H4,82,83,85)/t42-,47-,49-,50-,51-,52-,53-,54-,55-,56-,57-,58-,59-,62-/m0/s1. The lowest BCUT2D eigenvalue weighted by Gasteiger charge is -2.28. The van der Waals surface area contributed by atoms with Crippen LogP contribution in [-0.2, 0) is 96.0 Å². The second-order valence-corrected chi connectivity index (χ2v) is 30.9. The predicted octanol–water partition coefficient (Wildman–Crippen LogP) is -6.59. The molecule has 0 radical (unpaired) electrons. The van der Waals surface area contributed by atoms with E-state index in [4.69, 9.17) is 33.1 Å². The van der Waals surface area contributed by atoms with E-state index in [1.54, 1.807) is 125 Å². The quantitative estimate of drug-likeness (QED) is 0.00846. The van der Waals surface area contributed by atoms with Crippen molar-refractivity contribution in [3.63, 3.8) is 0 Å². The Morgan fingerprint density at radius 3 is 1.30 bits per heavy atom. The van der Waals surface area contributed by atoms with Crippen LogP contribution in [0.1, 0.15) is 96.3 Å². The van der Waals surface area contributed by atoms with E-state index in [2.05, 4.69) is 103 Å². The highest BCUT2D eigenvalue weighted by molar-refractivity contribution is 7.98. The Bertz CT molecular complexity index is 4260. The van der Waals surface area contributed by atoms with Crippen molar-refractivity contribution in [2.45, 2.75) is 183 Å². The number of carbonyl (C=O) groups is 16. The molecule has 14 amide bonds. The first-order valence-corrected chi connectivity index (χ1v) is 41.5. The lowest BCUT2D eigenvalue weighted by molar-refractivity contribution is -0.147. The van der Waals surface area contributed by atoms with E-state index in [0.717, 1.165) is 0 Å². The number of benzene rings is 3. The van der Waals surface area contributed by atoms with Crippen LogP contribution in [0.5, 0.6) is 0 Å². The van der Waals surface area contributed by atoms with E-state index in [1.807, 2.05) is 0 Å². The molecule has 0 unspecified atom stereocenters. The zero-order valence-corrected chi connectivity index (χ0v) is 70.7. The van der Waals surface area contributed by atoms with Crippen molar-refractivity contribution in [1.29, 1.82) is 10.8 Å². The van der Waals surface area contributed by atoms with Gasteiger partial charge in [-0.2, -0.15) is 24.4 Å². The summed E-state index contributed by atoms with van der Waals surface area (Å²) in [7, 11) is 0. The van der Waals surface area contributed by atoms with Gasteiger partial charge in [0.2, 0.25) is 82.7 Å². The second kappa shape index (κ2) is 53.5. The van der Waals surface area contributed by atoms with Crippen LogP contribution in [-0.4, -0.2) is 279 Å². The molecule has 4 rings (SSSR count). The molecular formula is C78H116N22O21S2. The monoisotopic (exact) mass is 1760 g/mol. The van der Waals surface area contributed by atoms with Gasteiger partial charge in [0, 0.05) is 55.2 Å². The first-order chi connectivity index (χ1) is 58.3. The Morgan fingerprint density at radius 2 is 0.854 bits per heavy atom. The molecule has 4 aromatic rings. The summed E-state index contributed by atoms with van der Waals surface area (Å²) in [5, 5.41) is 104. The number of nitrogens with two attached hydrogens (primary N) is 3. The zero-order chi connectivity index (χ0) is 91.6. The molecule has 0 bridgehead atoms. The largest absolute Gasteiger partial charge is 0.481 e. The fourth-order valence-corrected chi connectivity index (χ4v) is 12.9. The molecule has 0 saturated heterocycles. The fraction of sp³-hybridized carbons (Fsp3) is 0.513. The summed E-state index contributed by atoms with van der Waals surface area (Å²) in [5.74, 6) is -18.9. The third-order valence-corrected chi connectivity index (χ3v) is 19.8. The van der Waals surface area contributed by atoms with E-state index in [0.29, 0.717) is 27.6 Å². The summed E-state index contributed by atoms with van der Waals surface area (Å²) in [4.78, 5) is 223. The van der Waals surface area contributed by atoms with Gasteiger partial charge in [0.25, 0.3) is 0 Å². The van der Waals surface area contributed by atoms with Gasteiger partial charge in [-0.3, -0.25) is 82.7 Å². The number of nitrogens with one attached hydrogen (secondary N) is 19. The Hall–Kier alpha value is -12.2. The Labute approximate surface area is 719 Å². The number of aromatic amines is 1. The lowest BCUT2D eigenvalue weighted by atomic mass is 9.99. The Balaban J connectivity index is 1.59. The van der Waals surface area contributed by atoms with Crippen molar-refractivity contribution in [3.05, 3.63) is 108 Å². The molecule has 45 heteroatoms. The number of thioether (sulfide) groups is 1. The number of para-hydroxylation sites is 1. The number of hydrogen-bond acceptors (Lipinski definition) is 24. The molecule has 676 valence electrons. The van der Waals surface area contributed by atoms with Crippen molar-refractivity contribution in [2.24, 2.45) is 29.0 Å². The minimum absolute atomic E-state index is 0.00196. The smallest absolute Gasteiger partial charge is 0.326 e. The number of fused-ring (bicyclic) bond motifs is 1. The number of thiol groups is 1. The number of aliphatic hydroxyl groups excluding tert-OH is 3. The predicted molar refractivity (Wildman–Crippen MR) is 455 cm³/mol. The lowest BCUT2D eigenvalue weighted by Crippen LogP contribution is -2.61. The molecule has 1 heterocycles. The summed E-state index contributed by atoms with van der Waals surface area (Å²) in [6.07, 6.45) is 1.21. The third-order valence-electron chi connectivity index (χ3n) is 18.8. The number of amides is 14. The van der Waals surface area contributed by atoms with Gasteiger partial charge in [0.05, 0.1) is 32.8 Å². The van der Waals surface area contributed by atoms with Crippen LogP contribution in [0.2, 0.25) is 0 Å². The highest BCUT2D eigenvalue weighted by Gasteiger charge is 2.39. The summed E-state index contributed by atoms with van der Waals surface area (Å²) in [5.41, 5.74) is 18.9. The van der Waals surface area contributed by atoms with Crippen LogP contribution in [0.4, 0.5) is 0 Å². The van der Waals surface area contributed by atoms with Crippen LogP contribution >= 0.6 is 24.4 Å². The molecule has 1 aromatic heterocycles. The van der Waals surface area contributed by atoms with Gasteiger partial charge in [-0.15, -0.1) is 0 Å². The Morgan fingerprint density at radius 1 is 0.447 bits per heavy atom. The molecule has 0 aliphatic rings. The summed E-state index contributed by atoms with van der Waals surface area (Å²) >= 11 is 5.44. The fourth-order valence-electron chi connectivity index (χ4n) is 12.1. The number of guanidine groups is 2. The minimum Gasteiger partial charge on any atom is -0.481 e. The molecule has 0 aliphatic heterocycles. The van der Waals surface area contributed by atoms with Crippen LogP contribution in [0, 0.1) is 22.7 Å². The molecule has 30 N–H and O–H groups in total. The molecular weight excluding hydrogens is 1650 g/mol. The van der Waals surface area contributed by atoms with E-state index in [1.165, 1.54) is 18.7 Å². The highest BCUT2D eigenvalue weighted by atomic mass is 32.2. The van der Waals surface area contributed by atoms with Crippen molar-refractivity contribution in [2.75, 3.05) is 57.2 Å². The van der Waals surface area contributed by atoms with Gasteiger partial charge < -0.3 is 133 Å². The maximum absolute atomic E-state index is 15.1. The van der Waals surface area contributed by atoms with Crippen LogP contribution < -0.4 is 102 Å². The number of H-pyrrole nitrogens is 1. The minimum atomic E-state index is -1.87. The maximum atomic E-state index is 15.1. The topological polar surface area (TPSA) is 708 Å². The number of aromatic nitrogens is 1. The van der Waals surface area contributed by atoms with E-state index < -0.39 is 236 Å². The molecule has 3 aromatic carbocycles. The number of carbonyl (C=O) groups excluding carboxylic acids is 14. The number of carboxylic acids is 2. The first kappa shape index (κ1) is 103. The molecule has 0 saturated carbocycles. The van der Waals surface area contributed by atoms with Crippen molar-refractivity contribution >= 4 is 142 Å². The summed E-state index contributed by atoms with van der Waals surface area (Å²) in [6.45, 7) is 4.24. The number of aliphatic hydroxyl groups is 3. The SMILES string of the molecule is CSCC[C@H](NC(=O)[C@H](CO)NC(=O)[C@H](CS)NC(=O)[C@@H](NC(=O)[C@H](CC(C)C)NC(=O)[C@H](C)NC(=O)CNC(=O)[C@H](Cc1c[nH]c2ccccc12)NC(=O)[C@H](Cc1ccccc1)NC(=O)[C@H](CCCNC(=N)N)NC(=O)[C@H](Cc1ccccc1)NC(=O)[C@H](CCCNC(=N)N)NC(=O)[C@H](CO)NC(=O)[C@@H](N)CO)C(C)C)C(=O)N[C@@H](CC(=O)O)C(=O)O. The molecule has 14 atom stereocenters. The van der Waals surface area contributed by atoms with Crippen LogP contribution in [0.3, 0.4) is 0 Å². The average Bonchev–Trinajstić information content (AvgIpc) is 1.70. The van der Waals surface area contributed by atoms with Gasteiger partial charge in [0.15, 0.2) is 11.9 Å². The Kier molecular flexibility index (Phi) is 44.9. The number of hydrogen-bond donors (Lipinski definition) is 28. The number of aliphatic carboxylic acids is 2. The van der Waals surface area contributed by atoms with Crippen LogP contribution in [0.25, 0.3) is 10.9 Å². The van der Waals surface area contributed by atoms with Crippen LogP contribution in [0.15, 0.2) is 91.1 Å². The highest BCUT2D eigenvalue weighted by Crippen LogP contribution is 2.21. The van der Waals surface area contributed by atoms with Gasteiger partial charge in [0.1, 0.15) is 84.6 Å². The van der Waals surface area contributed by atoms with E-state index >= 15 is 9.59 Å². The zero-order valence-electron chi connectivity index (χ0n) is 69.0. The average molecular weight is 1760 g/mol. The van der Waals surface area contributed by atoms with Gasteiger partial charge in [-0.25, -0.2) is 4.79 Å². The summed E-state index contributed by atoms with van der Waals surface area (Å²) in [6, 6.07) is 2.03. The molecule has 0 aliphatic carbocycles. The molecule has 0 fully saturated rings. The van der Waals surface area contributed by atoms with E-state index in [9.17, 15) is 87.5 Å². The first-order valence-electron chi connectivity index (χ1n) is 39.5. The molecule has 123 heavy (non-hydrogen) atoms. The van der Waals surface area contributed by atoms with E-state index in [-0.39, 0.29) is 82.5 Å². The maximum Gasteiger partial charge on any atom is 0.326 e. The number of carboxylic acid groups (broad SMARTS) is 2. The van der Waals surface area contributed by atoms with Gasteiger partial charge in [-0.05, 0) is 92.0 Å². The second-order valence-electron chi connectivity index (χ2n) is 29.5. The molecule has 0 spiro atoms. The van der Waals surface area contributed by atoms with Crippen molar-refractivity contribution < 1.29 is 102 Å². The third kappa shape index (κ3) is 36.6. The van der Waals surface area contributed by atoms with Gasteiger partial charge in [-0.1, -0.05) is 107 Å². The summed E-state index contributed by atoms with van der Waals surface area (Å²) < 4.78 is 0. The normalized spacial score (nSPS) is 14.5. The van der Waals surface area contributed by atoms with Crippen molar-refractivity contribution in [3.8, 4) is 0 Å².